The number of rotatable bonds is 6. The lowest BCUT2D eigenvalue weighted by Gasteiger charge is -2.46. The van der Waals surface area contributed by atoms with Crippen molar-refractivity contribution in [1.29, 1.82) is 0 Å². The minimum Gasteiger partial charge on any atom is -0.501 e. The molecule has 1 fully saturated rings. The molecule has 1 amide bonds. The molecule has 1 aromatic carbocycles. The molecule has 9 nitrogen and oxygen atoms in total. The van der Waals surface area contributed by atoms with Crippen molar-refractivity contribution in [2.24, 2.45) is 7.05 Å². The molecule has 1 aromatic heterocycles. The molecule has 12 heteroatoms. The van der Waals surface area contributed by atoms with Crippen LogP contribution in [0.2, 0.25) is 10.0 Å². The predicted octanol–water partition coefficient (Wildman–Crippen LogP) is 3.03. The molecular formula is C19H24Cl2N4O5S. The van der Waals surface area contributed by atoms with Crippen molar-refractivity contribution in [3.05, 3.63) is 55.7 Å². The highest BCUT2D eigenvalue weighted by Crippen LogP contribution is 2.46. The molecule has 0 radical (unpaired) electrons. The van der Waals surface area contributed by atoms with Gasteiger partial charge in [0, 0.05) is 33.1 Å². The minimum atomic E-state index is -2.83. The number of aromatic nitrogens is 2. The summed E-state index contributed by atoms with van der Waals surface area (Å²) in [5, 5.41) is 13.5. The molecule has 31 heavy (non-hydrogen) atoms. The maximum absolute atomic E-state index is 12.6. The number of carbonyl (C=O) groups is 1. The van der Waals surface area contributed by atoms with Crippen molar-refractivity contribution < 1.29 is 19.0 Å². The van der Waals surface area contributed by atoms with Crippen molar-refractivity contribution in [3.63, 3.8) is 0 Å². The van der Waals surface area contributed by atoms with Gasteiger partial charge in [-0.3, -0.25) is 23.3 Å². The van der Waals surface area contributed by atoms with E-state index in [0.717, 1.165) is 17.4 Å². The highest BCUT2D eigenvalue weighted by Gasteiger charge is 2.27. The number of nitrogens with zero attached hydrogens (tertiary/aromatic N) is 3. The summed E-state index contributed by atoms with van der Waals surface area (Å²) in [5.41, 5.74) is -0.458. The van der Waals surface area contributed by atoms with Gasteiger partial charge in [0.05, 0.1) is 15.8 Å². The molecule has 0 bridgehead atoms. The zero-order chi connectivity index (χ0) is 22.8. The normalized spacial score (nSPS) is 17.3. The second-order valence-electron chi connectivity index (χ2n) is 7.24. The molecule has 0 aliphatic carbocycles. The van der Waals surface area contributed by atoms with Gasteiger partial charge in [0.2, 0.25) is 5.75 Å². The van der Waals surface area contributed by atoms with Crippen LogP contribution in [0, 0.1) is 0 Å². The quantitative estimate of drug-likeness (QED) is 0.489. The van der Waals surface area contributed by atoms with Crippen LogP contribution in [0.1, 0.15) is 34.7 Å². The number of benzene rings is 1. The highest BCUT2D eigenvalue weighted by atomic mass is 35.5. The van der Waals surface area contributed by atoms with Gasteiger partial charge in [-0.1, -0.05) is 29.3 Å². The molecule has 0 unspecified atom stereocenters. The van der Waals surface area contributed by atoms with E-state index in [9.17, 15) is 23.8 Å². The second-order valence-corrected chi connectivity index (χ2v) is 10.2. The van der Waals surface area contributed by atoms with Gasteiger partial charge in [-0.15, -0.1) is 10.8 Å². The molecule has 1 aliphatic heterocycles. The monoisotopic (exact) mass is 490 g/mol. The molecule has 0 saturated carbocycles. The second kappa shape index (κ2) is 9.76. The Labute approximate surface area is 191 Å². The van der Waals surface area contributed by atoms with Gasteiger partial charge in [-0.05, 0) is 30.5 Å². The standard InChI is InChI=1S/C19H24Cl2N4O5S/c1-24-15(6-8-25-7-2-3-9-31(25,29)30)23-16(17(26)19(24)28)18(27)22-11-12-4-5-13(20)14(21)10-12/h4-5,10,26,29-30H,2-3,6-9,11H2,1H3,(H,22,27). The van der Waals surface area contributed by atoms with Crippen molar-refractivity contribution in [2.75, 3.05) is 18.8 Å². The number of hydrogen-bond acceptors (Lipinski definition) is 7. The Morgan fingerprint density at radius 3 is 2.68 bits per heavy atom. The average Bonchev–Trinajstić information content (AvgIpc) is 2.73. The molecule has 1 aliphatic rings. The Morgan fingerprint density at radius 1 is 1.26 bits per heavy atom. The Bertz CT molecular complexity index is 1050. The molecule has 0 spiro atoms. The van der Waals surface area contributed by atoms with Crippen molar-refractivity contribution >= 4 is 39.9 Å². The fourth-order valence-electron chi connectivity index (χ4n) is 3.27. The van der Waals surface area contributed by atoms with E-state index in [1.807, 2.05) is 0 Å². The van der Waals surface area contributed by atoms with Crippen LogP contribution in [0.15, 0.2) is 23.0 Å². The SMILES string of the molecule is Cn1c(CCN2CCCCS2(O)O)nc(C(=O)NCc2ccc(Cl)c(Cl)c2)c(O)c1=O. The minimum absolute atomic E-state index is 0.0933. The smallest absolute Gasteiger partial charge is 0.296 e. The Balaban J connectivity index is 1.75. The Morgan fingerprint density at radius 2 is 2.00 bits per heavy atom. The lowest BCUT2D eigenvalue weighted by molar-refractivity contribution is 0.0941. The predicted molar refractivity (Wildman–Crippen MR) is 121 cm³/mol. The number of amides is 1. The Kier molecular flexibility index (Phi) is 7.51. The first-order chi connectivity index (χ1) is 14.6. The first-order valence-corrected chi connectivity index (χ1v) is 12.0. The van der Waals surface area contributed by atoms with Crippen molar-refractivity contribution in [3.8, 4) is 5.75 Å². The molecule has 2 aromatic rings. The van der Waals surface area contributed by atoms with E-state index >= 15 is 0 Å². The lowest BCUT2D eigenvalue weighted by Crippen LogP contribution is -2.37. The van der Waals surface area contributed by atoms with Gasteiger partial charge in [0.25, 0.3) is 11.5 Å². The summed E-state index contributed by atoms with van der Waals surface area (Å²) >= 11 is 11.9. The molecule has 170 valence electrons. The molecule has 4 N–H and O–H groups in total. The number of carbonyl (C=O) groups excluding carboxylic acids is 1. The summed E-state index contributed by atoms with van der Waals surface area (Å²) < 4.78 is 23.1. The van der Waals surface area contributed by atoms with Crippen LogP contribution in [-0.4, -0.2) is 52.8 Å². The van der Waals surface area contributed by atoms with Gasteiger partial charge < -0.3 is 10.4 Å². The summed E-state index contributed by atoms with van der Waals surface area (Å²) in [7, 11) is -1.39. The maximum Gasteiger partial charge on any atom is 0.296 e. The van der Waals surface area contributed by atoms with Crippen LogP contribution < -0.4 is 10.9 Å². The zero-order valence-electron chi connectivity index (χ0n) is 16.8. The van der Waals surface area contributed by atoms with Crippen LogP contribution in [0.4, 0.5) is 0 Å². The summed E-state index contributed by atoms with van der Waals surface area (Å²) in [6, 6.07) is 4.89. The van der Waals surface area contributed by atoms with Crippen LogP contribution >= 0.6 is 34.0 Å². The molecule has 2 heterocycles. The third-order valence-corrected chi connectivity index (χ3v) is 7.85. The van der Waals surface area contributed by atoms with Gasteiger partial charge in [0.1, 0.15) is 5.82 Å². The molecule has 3 rings (SSSR count). The van der Waals surface area contributed by atoms with Gasteiger partial charge in [-0.25, -0.2) is 9.29 Å². The fraction of sp³-hybridized carbons (Fsp3) is 0.421. The van der Waals surface area contributed by atoms with E-state index < -0.39 is 28.0 Å². The van der Waals surface area contributed by atoms with E-state index in [-0.39, 0.29) is 31.0 Å². The largest absolute Gasteiger partial charge is 0.501 e. The first kappa shape index (κ1) is 23.8. The van der Waals surface area contributed by atoms with E-state index in [1.165, 1.54) is 7.05 Å². The summed E-state index contributed by atoms with van der Waals surface area (Å²) in [6.07, 6.45) is 1.80. The maximum atomic E-state index is 12.6. The third-order valence-electron chi connectivity index (χ3n) is 5.09. The topological polar surface area (TPSA) is 128 Å². The number of hydrogen-bond donors (Lipinski definition) is 4. The average molecular weight is 491 g/mol. The van der Waals surface area contributed by atoms with E-state index in [1.54, 1.807) is 22.5 Å². The molecule has 1 saturated heterocycles. The van der Waals surface area contributed by atoms with E-state index in [0.29, 0.717) is 27.9 Å². The fourth-order valence-corrected chi connectivity index (χ4v) is 5.25. The third kappa shape index (κ3) is 5.51. The van der Waals surface area contributed by atoms with Gasteiger partial charge in [-0.2, -0.15) is 0 Å². The Hall–Kier alpha value is -1.82. The molecular weight excluding hydrogens is 467 g/mol. The van der Waals surface area contributed by atoms with Crippen LogP contribution in [-0.2, 0) is 20.0 Å². The van der Waals surface area contributed by atoms with Crippen LogP contribution in [0.3, 0.4) is 0 Å². The highest BCUT2D eigenvalue weighted by molar-refractivity contribution is 8.22. The lowest BCUT2D eigenvalue weighted by atomic mass is 10.2. The van der Waals surface area contributed by atoms with Gasteiger partial charge in [0.15, 0.2) is 5.69 Å². The summed E-state index contributed by atoms with van der Waals surface area (Å²) in [6.45, 7) is 0.888. The van der Waals surface area contributed by atoms with Crippen molar-refractivity contribution in [1.82, 2.24) is 19.2 Å². The van der Waals surface area contributed by atoms with Gasteiger partial charge >= 0.3 is 0 Å². The number of nitrogens with one attached hydrogen (secondary N) is 1. The van der Waals surface area contributed by atoms with Crippen LogP contribution in [0.25, 0.3) is 0 Å². The molecule has 0 atom stereocenters. The van der Waals surface area contributed by atoms with Crippen LogP contribution in [0.5, 0.6) is 5.75 Å². The number of aromatic hydroxyl groups is 1. The van der Waals surface area contributed by atoms with E-state index in [2.05, 4.69) is 10.3 Å². The number of halogens is 2. The zero-order valence-corrected chi connectivity index (χ0v) is 19.2. The summed E-state index contributed by atoms with van der Waals surface area (Å²) in [4.78, 5) is 29.2. The summed E-state index contributed by atoms with van der Waals surface area (Å²) in [5.74, 6) is -0.898. The van der Waals surface area contributed by atoms with E-state index in [4.69, 9.17) is 23.2 Å². The first-order valence-electron chi connectivity index (χ1n) is 9.62. The van der Waals surface area contributed by atoms with Crippen molar-refractivity contribution in [2.45, 2.75) is 25.8 Å².